The summed E-state index contributed by atoms with van der Waals surface area (Å²) >= 11 is 0. The molecule has 0 aliphatic heterocycles. The van der Waals surface area contributed by atoms with Crippen molar-refractivity contribution in [2.45, 2.75) is 49.6 Å². The van der Waals surface area contributed by atoms with Crippen LogP contribution in [-0.2, 0) is 9.84 Å². The maximum atomic E-state index is 12.7. The highest BCUT2D eigenvalue weighted by atomic mass is 32.2. The molecule has 0 bridgehead atoms. The lowest BCUT2D eigenvalue weighted by Crippen LogP contribution is -2.26. The van der Waals surface area contributed by atoms with Gasteiger partial charge in [0.05, 0.1) is 10.6 Å². The van der Waals surface area contributed by atoms with Gasteiger partial charge < -0.3 is 5.32 Å². The lowest BCUT2D eigenvalue weighted by Gasteiger charge is -2.20. The first-order valence-corrected chi connectivity index (χ1v) is 8.18. The molecule has 1 aliphatic carbocycles. The van der Waals surface area contributed by atoms with Gasteiger partial charge in [-0.2, -0.15) is 13.2 Å². The minimum absolute atomic E-state index is 0.00964. The minimum atomic E-state index is -5.34. The Kier molecular flexibility index (Phi) is 3.99. The van der Waals surface area contributed by atoms with E-state index in [0.717, 1.165) is 25.3 Å². The molecule has 0 radical (unpaired) electrons. The van der Waals surface area contributed by atoms with E-state index in [4.69, 9.17) is 0 Å². The molecule has 1 saturated carbocycles. The molecule has 0 heterocycles. The summed E-state index contributed by atoms with van der Waals surface area (Å²) in [4.78, 5) is -0.706. The fraction of sp³-hybridized carbons (Fsp3) is 0.571. The Hall–Kier alpha value is -1.24. The summed E-state index contributed by atoms with van der Waals surface area (Å²) in [7, 11) is -5.34. The van der Waals surface area contributed by atoms with Crippen LogP contribution in [-0.4, -0.2) is 20.0 Å². The lowest BCUT2D eigenvalue weighted by atomic mass is 9.92. The van der Waals surface area contributed by atoms with E-state index in [1.165, 1.54) is 18.2 Å². The van der Waals surface area contributed by atoms with E-state index in [-0.39, 0.29) is 17.1 Å². The molecule has 1 aromatic rings. The summed E-state index contributed by atoms with van der Waals surface area (Å²) in [6.07, 6.45) is 2.57. The molecule has 21 heavy (non-hydrogen) atoms. The minimum Gasteiger partial charge on any atom is -0.381 e. The van der Waals surface area contributed by atoms with Crippen molar-refractivity contribution in [2.24, 2.45) is 5.41 Å². The smallest absolute Gasteiger partial charge is 0.381 e. The molecule has 0 aromatic heterocycles. The third-order valence-electron chi connectivity index (χ3n) is 3.81. The molecule has 1 unspecified atom stereocenters. The van der Waals surface area contributed by atoms with E-state index in [0.29, 0.717) is 0 Å². The van der Waals surface area contributed by atoms with Crippen molar-refractivity contribution in [3.05, 3.63) is 24.3 Å². The van der Waals surface area contributed by atoms with Gasteiger partial charge in [0.2, 0.25) is 0 Å². The maximum Gasteiger partial charge on any atom is 0.501 e. The van der Waals surface area contributed by atoms with Gasteiger partial charge in [0.25, 0.3) is 9.84 Å². The predicted octanol–water partition coefficient (Wildman–Crippen LogP) is 3.97. The van der Waals surface area contributed by atoms with E-state index in [1.807, 2.05) is 0 Å². The number of hydrogen-bond acceptors (Lipinski definition) is 3. The lowest BCUT2D eigenvalue weighted by molar-refractivity contribution is -0.0435. The topological polar surface area (TPSA) is 46.2 Å². The van der Waals surface area contributed by atoms with Crippen LogP contribution in [0.4, 0.5) is 18.9 Å². The number of sulfone groups is 1. The van der Waals surface area contributed by atoms with E-state index in [2.05, 4.69) is 19.2 Å². The van der Waals surface area contributed by atoms with Gasteiger partial charge >= 0.3 is 5.51 Å². The molecule has 1 fully saturated rings. The van der Waals surface area contributed by atoms with Crippen molar-refractivity contribution < 1.29 is 21.6 Å². The molecule has 3 nitrogen and oxygen atoms in total. The van der Waals surface area contributed by atoms with Crippen molar-refractivity contribution in [1.29, 1.82) is 0 Å². The summed E-state index contributed by atoms with van der Waals surface area (Å²) in [6, 6.07) is 5.18. The van der Waals surface area contributed by atoms with Crippen molar-refractivity contribution in [3.63, 3.8) is 0 Å². The Labute approximate surface area is 122 Å². The van der Waals surface area contributed by atoms with E-state index in [9.17, 15) is 21.6 Å². The largest absolute Gasteiger partial charge is 0.501 e. The monoisotopic (exact) mass is 321 g/mol. The number of hydrogen-bond donors (Lipinski definition) is 1. The van der Waals surface area contributed by atoms with E-state index in [1.54, 1.807) is 0 Å². The van der Waals surface area contributed by atoms with Crippen molar-refractivity contribution in [3.8, 4) is 0 Å². The molecule has 2 rings (SSSR count). The first kappa shape index (κ1) is 16.1. The van der Waals surface area contributed by atoms with Crippen molar-refractivity contribution >= 4 is 15.5 Å². The molecule has 1 N–H and O–H groups in total. The van der Waals surface area contributed by atoms with Gasteiger partial charge in [-0.3, -0.25) is 0 Å². The molecule has 1 aromatic carbocycles. The number of benzene rings is 1. The first-order valence-electron chi connectivity index (χ1n) is 6.70. The Balaban J connectivity index is 2.31. The molecule has 0 spiro atoms. The Morgan fingerprint density at radius 2 is 1.86 bits per heavy atom. The van der Waals surface area contributed by atoms with Gasteiger partial charge in [-0.15, -0.1) is 0 Å². The Morgan fingerprint density at radius 1 is 1.24 bits per heavy atom. The molecular weight excluding hydrogens is 303 g/mol. The summed E-state index contributed by atoms with van der Waals surface area (Å²) < 4.78 is 61.4. The van der Waals surface area contributed by atoms with Gasteiger partial charge in [0.15, 0.2) is 0 Å². The highest BCUT2D eigenvalue weighted by Crippen LogP contribution is 2.40. The second-order valence-electron chi connectivity index (χ2n) is 6.19. The number of nitrogens with one attached hydrogen (secondary N) is 1. The van der Waals surface area contributed by atoms with Gasteiger partial charge in [-0.1, -0.05) is 26.0 Å². The van der Waals surface area contributed by atoms with Crippen molar-refractivity contribution in [1.82, 2.24) is 0 Å². The predicted molar refractivity (Wildman–Crippen MR) is 74.7 cm³/mol. The maximum absolute atomic E-state index is 12.7. The Morgan fingerprint density at radius 3 is 2.38 bits per heavy atom. The second-order valence-corrected chi connectivity index (χ2v) is 8.10. The number of anilines is 1. The molecule has 1 aliphatic rings. The van der Waals surface area contributed by atoms with Crippen molar-refractivity contribution in [2.75, 3.05) is 5.32 Å². The van der Waals surface area contributed by atoms with Crippen LogP contribution in [0.5, 0.6) is 0 Å². The van der Waals surface area contributed by atoms with Gasteiger partial charge in [0, 0.05) is 6.04 Å². The van der Waals surface area contributed by atoms with Crippen LogP contribution < -0.4 is 5.32 Å². The standard InChI is InChI=1S/C14H18F3NO2S/c1-13(2)8-7-10(9-13)18-11-5-3-4-6-12(11)21(19,20)14(15,16)17/h3-6,10,18H,7-9H2,1-2H3. The summed E-state index contributed by atoms with van der Waals surface area (Å²) in [5, 5.41) is 2.96. The highest BCUT2D eigenvalue weighted by Gasteiger charge is 2.48. The number of para-hydroxylation sites is 1. The molecule has 0 amide bonds. The zero-order valence-corrected chi connectivity index (χ0v) is 12.7. The van der Waals surface area contributed by atoms with Crippen LogP contribution in [0.25, 0.3) is 0 Å². The molecule has 7 heteroatoms. The average Bonchev–Trinajstić information content (AvgIpc) is 2.68. The second kappa shape index (κ2) is 5.19. The van der Waals surface area contributed by atoms with Gasteiger partial charge in [0.1, 0.15) is 0 Å². The number of alkyl halides is 3. The molecule has 0 saturated heterocycles. The Bertz CT molecular complexity index is 623. The average molecular weight is 321 g/mol. The third kappa shape index (κ3) is 3.33. The van der Waals surface area contributed by atoms with Crippen LogP contribution in [0.2, 0.25) is 0 Å². The first-order chi connectivity index (χ1) is 9.53. The fourth-order valence-corrected chi connectivity index (χ4v) is 3.65. The number of rotatable bonds is 3. The third-order valence-corrected chi connectivity index (χ3v) is 5.35. The summed E-state index contributed by atoms with van der Waals surface area (Å²) in [6.45, 7) is 4.18. The van der Waals surface area contributed by atoms with Crippen LogP contribution in [0.15, 0.2) is 29.2 Å². The fourth-order valence-electron chi connectivity index (χ4n) is 2.72. The summed E-state index contributed by atoms with van der Waals surface area (Å²) in [5.74, 6) is 0. The SMILES string of the molecule is CC1(C)CCC(Nc2ccccc2S(=O)(=O)C(F)(F)F)C1. The molecule has 118 valence electrons. The van der Waals surface area contributed by atoms with E-state index >= 15 is 0 Å². The summed E-state index contributed by atoms with van der Waals surface area (Å²) in [5.41, 5.74) is -5.15. The highest BCUT2D eigenvalue weighted by molar-refractivity contribution is 7.92. The van der Waals surface area contributed by atoms with Crippen LogP contribution >= 0.6 is 0 Å². The van der Waals surface area contributed by atoms with Crippen LogP contribution in [0.1, 0.15) is 33.1 Å². The van der Waals surface area contributed by atoms with Crippen LogP contribution in [0.3, 0.4) is 0 Å². The quantitative estimate of drug-likeness (QED) is 0.916. The van der Waals surface area contributed by atoms with Gasteiger partial charge in [-0.25, -0.2) is 8.42 Å². The zero-order valence-electron chi connectivity index (χ0n) is 11.9. The molecular formula is C14H18F3NO2S. The number of halogens is 3. The zero-order chi connectivity index (χ0) is 15.9. The van der Waals surface area contributed by atoms with Crippen LogP contribution in [0, 0.1) is 5.41 Å². The normalized spacial score (nSPS) is 22.2. The molecule has 1 atom stereocenters. The van der Waals surface area contributed by atoms with E-state index < -0.39 is 20.2 Å². The van der Waals surface area contributed by atoms with Gasteiger partial charge in [-0.05, 0) is 36.8 Å².